The van der Waals surface area contributed by atoms with Crippen molar-refractivity contribution in [2.24, 2.45) is 5.92 Å². The van der Waals surface area contributed by atoms with Crippen molar-refractivity contribution in [3.05, 3.63) is 42.0 Å². The summed E-state index contributed by atoms with van der Waals surface area (Å²) in [5, 5.41) is 8.55. The van der Waals surface area contributed by atoms with Gasteiger partial charge in [0.05, 0.1) is 0 Å². The number of carbonyl (C=O) groups excluding carboxylic acids is 1. The molecular weight excluding hydrogens is 306 g/mol. The van der Waals surface area contributed by atoms with Crippen LogP contribution in [0.15, 0.2) is 36.4 Å². The van der Waals surface area contributed by atoms with Crippen molar-refractivity contribution >= 4 is 11.9 Å². The summed E-state index contributed by atoms with van der Waals surface area (Å²) in [6.45, 7) is 1.05. The van der Waals surface area contributed by atoms with Crippen molar-refractivity contribution in [1.82, 2.24) is 4.90 Å². The molecule has 0 spiro atoms. The van der Waals surface area contributed by atoms with Crippen molar-refractivity contribution in [2.75, 3.05) is 20.6 Å². The second-order valence-electron chi connectivity index (χ2n) is 6.58. The minimum absolute atomic E-state index is 0.460. The lowest BCUT2D eigenvalue weighted by Gasteiger charge is -2.34. The molecule has 1 N–H and O–H groups in total. The van der Waals surface area contributed by atoms with Gasteiger partial charge < -0.3 is 14.7 Å². The van der Waals surface area contributed by atoms with Crippen LogP contribution in [0.25, 0.3) is 0 Å². The van der Waals surface area contributed by atoms with E-state index in [1.165, 1.54) is 24.8 Å². The standard InChI is InChI=1S/C19H25NO4/c1-20(2)13-15-6-3-4-9-17(15)14-7-5-8-16(12-14)24-19(23)11-10-18(21)22/h5,7-8,10-12,15,17H,3-4,6,9,13H2,1-2H3,(H,21,22). The van der Waals surface area contributed by atoms with E-state index in [4.69, 9.17) is 9.84 Å². The lowest BCUT2D eigenvalue weighted by molar-refractivity contribution is -0.133. The van der Waals surface area contributed by atoms with E-state index < -0.39 is 11.9 Å². The molecule has 2 atom stereocenters. The van der Waals surface area contributed by atoms with Gasteiger partial charge in [0.1, 0.15) is 5.75 Å². The van der Waals surface area contributed by atoms with Crippen LogP contribution in [0.3, 0.4) is 0 Å². The number of carbonyl (C=O) groups is 2. The Morgan fingerprint density at radius 1 is 1.25 bits per heavy atom. The number of ether oxygens (including phenoxy) is 1. The van der Waals surface area contributed by atoms with Gasteiger partial charge in [-0.3, -0.25) is 0 Å². The average molecular weight is 331 g/mol. The average Bonchev–Trinajstić information content (AvgIpc) is 2.53. The predicted molar refractivity (Wildman–Crippen MR) is 92.1 cm³/mol. The zero-order chi connectivity index (χ0) is 17.5. The van der Waals surface area contributed by atoms with Gasteiger partial charge in [-0.25, -0.2) is 9.59 Å². The van der Waals surface area contributed by atoms with Crippen LogP contribution in [0.4, 0.5) is 0 Å². The molecule has 0 heterocycles. The molecule has 1 aromatic carbocycles. The van der Waals surface area contributed by atoms with Gasteiger partial charge in [0, 0.05) is 18.7 Å². The summed E-state index contributed by atoms with van der Waals surface area (Å²) >= 11 is 0. The molecule has 1 aliphatic carbocycles. The lowest BCUT2D eigenvalue weighted by Crippen LogP contribution is -2.28. The third-order valence-electron chi connectivity index (χ3n) is 4.38. The smallest absolute Gasteiger partial charge is 0.336 e. The van der Waals surface area contributed by atoms with E-state index in [0.717, 1.165) is 25.1 Å². The van der Waals surface area contributed by atoms with Gasteiger partial charge in [0.15, 0.2) is 0 Å². The molecule has 1 aromatic rings. The van der Waals surface area contributed by atoms with Crippen LogP contribution in [0.5, 0.6) is 5.75 Å². The largest absolute Gasteiger partial charge is 0.478 e. The highest BCUT2D eigenvalue weighted by Crippen LogP contribution is 2.39. The summed E-state index contributed by atoms with van der Waals surface area (Å²) in [6, 6.07) is 7.61. The van der Waals surface area contributed by atoms with Gasteiger partial charge in [-0.2, -0.15) is 0 Å². The minimum atomic E-state index is -1.17. The number of aliphatic carboxylic acids is 1. The van der Waals surface area contributed by atoms with Crippen molar-refractivity contribution in [3.8, 4) is 5.75 Å². The number of hydrogen-bond donors (Lipinski definition) is 1. The molecule has 0 amide bonds. The Bertz CT molecular complexity index is 609. The maximum absolute atomic E-state index is 11.6. The molecule has 1 fully saturated rings. The molecule has 1 saturated carbocycles. The zero-order valence-electron chi connectivity index (χ0n) is 14.3. The summed E-state index contributed by atoms with van der Waals surface area (Å²) in [5.41, 5.74) is 1.19. The quantitative estimate of drug-likeness (QED) is 0.493. The van der Waals surface area contributed by atoms with Crippen LogP contribution in [0.2, 0.25) is 0 Å². The fourth-order valence-corrected chi connectivity index (χ4v) is 3.43. The minimum Gasteiger partial charge on any atom is -0.478 e. The van der Waals surface area contributed by atoms with Crippen LogP contribution in [-0.4, -0.2) is 42.6 Å². The summed E-state index contributed by atoms with van der Waals surface area (Å²) in [5.74, 6) is -0.319. The van der Waals surface area contributed by atoms with E-state index >= 15 is 0 Å². The molecule has 1 aliphatic rings. The molecule has 0 aliphatic heterocycles. The first-order valence-corrected chi connectivity index (χ1v) is 8.33. The SMILES string of the molecule is CN(C)CC1CCCCC1c1cccc(OC(=O)C=CC(=O)O)c1. The molecule has 24 heavy (non-hydrogen) atoms. The highest BCUT2D eigenvalue weighted by atomic mass is 16.5. The molecule has 5 heteroatoms. The van der Waals surface area contributed by atoms with E-state index in [2.05, 4.69) is 25.1 Å². The number of carboxylic acid groups (broad SMARTS) is 1. The van der Waals surface area contributed by atoms with Gasteiger partial charge in [0.2, 0.25) is 0 Å². The summed E-state index contributed by atoms with van der Waals surface area (Å²) in [4.78, 5) is 24.3. The maximum Gasteiger partial charge on any atom is 0.336 e. The Balaban J connectivity index is 2.10. The normalized spacial score (nSPS) is 21.1. The number of carboxylic acids is 1. The number of hydrogen-bond acceptors (Lipinski definition) is 4. The maximum atomic E-state index is 11.6. The molecule has 2 rings (SSSR count). The third kappa shape index (κ3) is 5.49. The fraction of sp³-hybridized carbons (Fsp3) is 0.474. The van der Waals surface area contributed by atoms with Gasteiger partial charge in [0.25, 0.3) is 0 Å². The molecule has 130 valence electrons. The molecule has 0 saturated heterocycles. The molecule has 0 aromatic heterocycles. The summed E-state index contributed by atoms with van der Waals surface area (Å²) in [7, 11) is 4.19. The Morgan fingerprint density at radius 2 is 2.00 bits per heavy atom. The molecule has 5 nitrogen and oxygen atoms in total. The van der Waals surface area contributed by atoms with E-state index in [-0.39, 0.29) is 0 Å². The zero-order valence-corrected chi connectivity index (χ0v) is 14.3. The number of benzene rings is 1. The highest BCUT2D eigenvalue weighted by molar-refractivity contribution is 5.91. The second kappa shape index (κ2) is 8.64. The molecule has 0 radical (unpaired) electrons. The monoisotopic (exact) mass is 331 g/mol. The molecule has 0 bridgehead atoms. The van der Waals surface area contributed by atoms with Crippen molar-refractivity contribution < 1.29 is 19.4 Å². The lowest BCUT2D eigenvalue weighted by atomic mass is 9.75. The van der Waals surface area contributed by atoms with Gasteiger partial charge in [-0.05, 0) is 56.5 Å². The summed E-state index contributed by atoms with van der Waals surface area (Å²) in [6.07, 6.45) is 6.55. The van der Waals surface area contributed by atoms with Crippen molar-refractivity contribution in [2.45, 2.75) is 31.6 Å². The van der Waals surface area contributed by atoms with Gasteiger partial charge >= 0.3 is 11.9 Å². The van der Waals surface area contributed by atoms with Gasteiger partial charge in [-0.15, -0.1) is 0 Å². The molecular formula is C19H25NO4. The van der Waals surface area contributed by atoms with Crippen LogP contribution >= 0.6 is 0 Å². The number of nitrogens with zero attached hydrogens (tertiary/aromatic N) is 1. The number of rotatable bonds is 6. The number of esters is 1. The van der Waals surface area contributed by atoms with Crippen LogP contribution in [-0.2, 0) is 9.59 Å². The van der Waals surface area contributed by atoms with E-state index in [1.54, 1.807) is 6.07 Å². The Labute approximate surface area is 142 Å². The van der Waals surface area contributed by atoms with Crippen LogP contribution in [0.1, 0.15) is 37.2 Å². The van der Waals surface area contributed by atoms with Crippen LogP contribution < -0.4 is 4.74 Å². The predicted octanol–water partition coefficient (Wildman–Crippen LogP) is 3.07. The molecule has 2 unspecified atom stereocenters. The van der Waals surface area contributed by atoms with Crippen molar-refractivity contribution in [1.29, 1.82) is 0 Å². The van der Waals surface area contributed by atoms with E-state index in [1.807, 2.05) is 12.1 Å². The van der Waals surface area contributed by atoms with Crippen molar-refractivity contribution in [3.63, 3.8) is 0 Å². The van der Waals surface area contributed by atoms with Gasteiger partial charge in [-0.1, -0.05) is 25.0 Å². The Morgan fingerprint density at radius 3 is 2.71 bits per heavy atom. The first kappa shape index (κ1) is 18.2. The Hall–Kier alpha value is -2.14. The second-order valence-corrected chi connectivity index (χ2v) is 6.58. The fourth-order valence-electron chi connectivity index (χ4n) is 3.43. The third-order valence-corrected chi connectivity index (χ3v) is 4.38. The Kier molecular flexibility index (Phi) is 6.55. The highest BCUT2D eigenvalue weighted by Gasteiger charge is 2.27. The summed E-state index contributed by atoms with van der Waals surface area (Å²) < 4.78 is 5.21. The first-order chi connectivity index (χ1) is 11.5. The first-order valence-electron chi connectivity index (χ1n) is 8.33. The van der Waals surface area contributed by atoms with E-state index in [0.29, 0.717) is 17.6 Å². The van der Waals surface area contributed by atoms with Crippen LogP contribution in [0, 0.1) is 5.92 Å². The topological polar surface area (TPSA) is 66.8 Å². The van der Waals surface area contributed by atoms with E-state index in [9.17, 15) is 9.59 Å².